The van der Waals surface area contributed by atoms with Crippen LogP contribution in [-0.2, 0) is 9.47 Å². The first-order chi connectivity index (χ1) is 4.35. The molecule has 0 aromatic carbocycles. The van der Waals surface area contributed by atoms with Crippen molar-refractivity contribution in [2.45, 2.75) is 20.3 Å². The molecule has 0 rings (SSSR count). The molecule has 0 fully saturated rings. The third-order valence-corrected chi connectivity index (χ3v) is 0.724. The van der Waals surface area contributed by atoms with Crippen molar-refractivity contribution < 1.29 is 9.47 Å². The zero-order valence-electron chi connectivity index (χ0n) is 5.76. The maximum atomic E-state index is 6.54. The molecule has 3 nitrogen and oxygen atoms in total. The minimum atomic E-state index is -0.694. The van der Waals surface area contributed by atoms with E-state index in [4.69, 9.17) is 16.0 Å². The van der Waals surface area contributed by atoms with E-state index in [1.807, 2.05) is 13.8 Å². The van der Waals surface area contributed by atoms with E-state index in [1.54, 1.807) is 0 Å². The lowest BCUT2D eigenvalue weighted by atomic mass is 10.8. The van der Waals surface area contributed by atoms with Crippen LogP contribution in [0.3, 0.4) is 0 Å². The number of hydrogen-bond donors (Lipinski definition) is 0. The molecule has 0 amide bonds. The topological polar surface area (TPSA) is 22.8 Å². The molecule has 0 aliphatic carbocycles. The highest BCUT2D eigenvalue weighted by Gasteiger charge is 2.08. The van der Waals surface area contributed by atoms with Gasteiger partial charge in [-0.3, -0.25) is 14.3 Å². The molecule has 0 radical (unpaired) electrons. The van der Waals surface area contributed by atoms with Crippen LogP contribution < -0.4 is 0 Å². The zero-order valence-corrected chi connectivity index (χ0v) is 5.76. The van der Waals surface area contributed by atoms with Crippen LogP contribution in [0, 0.1) is 6.57 Å². The van der Waals surface area contributed by atoms with Crippen LogP contribution in [0.5, 0.6) is 0 Å². The molecule has 52 valence electrons. The van der Waals surface area contributed by atoms with Gasteiger partial charge >= 0.3 is 6.41 Å². The molecule has 0 saturated heterocycles. The maximum absolute atomic E-state index is 6.54. The molecule has 0 unspecified atom stereocenters. The van der Waals surface area contributed by atoms with Gasteiger partial charge < -0.3 is 0 Å². The Morgan fingerprint density at radius 1 is 1.33 bits per heavy atom. The molecule has 0 saturated carbocycles. The number of ether oxygens (including phenoxy) is 2. The molecule has 0 atom stereocenters. The van der Waals surface area contributed by atoms with E-state index in [-0.39, 0.29) is 0 Å². The lowest BCUT2D eigenvalue weighted by molar-refractivity contribution is -0.105. The van der Waals surface area contributed by atoms with E-state index in [9.17, 15) is 0 Å². The van der Waals surface area contributed by atoms with Gasteiger partial charge in [0.25, 0.3) is 0 Å². The van der Waals surface area contributed by atoms with Gasteiger partial charge in [0.05, 0.1) is 13.2 Å². The van der Waals surface area contributed by atoms with Crippen molar-refractivity contribution in [2.75, 3.05) is 13.2 Å². The second kappa shape index (κ2) is 5.54. The van der Waals surface area contributed by atoms with Gasteiger partial charge in [0, 0.05) is 0 Å². The summed E-state index contributed by atoms with van der Waals surface area (Å²) >= 11 is 0. The normalized spacial score (nSPS) is 9.56. The number of hydrogen-bond acceptors (Lipinski definition) is 2. The smallest absolute Gasteiger partial charge is 0.286 e. The Labute approximate surface area is 55.4 Å². The summed E-state index contributed by atoms with van der Waals surface area (Å²) in [5, 5.41) is 0. The highest BCUT2D eigenvalue weighted by Crippen LogP contribution is 1.94. The van der Waals surface area contributed by atoms with Gasteiger partial charge in [-0.2, -0.15) is 0 Å². The molecule has 0 N–H and O–H groups in total. The summed E-state index contributed by atoms with van der Waals surface area (Å²) in [7, 11) is 0. The van der Waals surface area contributed by atoms with Crippen LogP contribution in [0.25, 0.3) is 4.85 Å². The Morgan fingerprint density at radius 3 is 2.00 bits per heavy atom. The Bertz CT molecular complexity index is 91.7. The van der Waals surface area contributed by atoms with E-state index < -0.39 is 6.41 Å². The number of nitrogens with zero attached hydrogens (tertiary/aromatic N) is 1. The standard InChI is InChI=1S/C6H11NO2/c1-4-8-6(7-3)9-5-2/h6H,4-5H2,1-2H3. The Balaban J connectivity index is 3.32. The first-order valence-corrected chi connectivity index (χ1v) is 2.94. The third kappa shape index (κ3) is 3.95. The Morgan fingerprint density at radius 2 is 1.78 bits per heavy atom. The van der Waals surface area contributed by atoms with Gasteiger partial charge in [-0.25, -0.2) is 6.57 Å². The fourth-order valence-corrected chi connectivity index (χ4v) is 0.408. The van der Waals surface area contributed by atoms with Gasteiger partial charge in [0.15, 0.2) is 0 Å². The molecule has 0 aromatic heterocycles. The summed E-state index contributed by atoms with van der Waals surface area (Å²) in [5.74, 6) is 0. The second-order valence-corrected chi connectivity index (χ2v) is 1.35. The van der Waals surface area contributed by atoms with Crippen LogP contribution >= 0.6 is 0 Å². The summed E-state index contributed by atoms with van der Waals surface area (Å²) < 4.78 is 9.71. The van der Waals surface area contributed by atoms with E-state index >= 15 is 0 Å². The predicted molar refractivity (Wildman–Crippen MR) is 33.6 cm³/mol. The lowest BCUT2D eigenvalue weighted by Crippen LogP contribution is -2.11. The molecular weight excluding hydrogens is 118 g/mol. The van der Waals surface area contributed by atoms with Crippen molar-refractivity contribution in [3.63, 3.8) is 0 Å². The first kappa shape index (κ1) is 8.41. The van der Waals surface area contributed by atoms with Crippen LogP contribution in [0.4, 0.5) is 0 Å². The van der Waals surface area contributed by atoms with Crippen molar-refractivity contribution in [1.82, 2.24) is 0 Å². The second-order valence-electron chi connectivity index (χ2n) is 1.35. The molecule has 0 spiro atoms. The van der Waals surface area contributed by atoms with Crippen LogP contribution in [0.2, 0.25) is 0 Å². The molecule has 0 aliphatic rings. The molecular formula is C6H11NO2. The monoisotopic (exact) mass is 129 g/mol. The van der Waals surface area contributed by atoms with Crippen molar-refractivity contribution in [1.29, 1.82) is 0 Å². The summed E-state index contributed by atoms with van der Waals surface area (Å²) in [6, 6.07) is 0. The zero-order chi connectivity index (χ0) is 7.11. The fraction of sp³-hybridized carbons (Fsp3) is 0.833. The molecule has 0 aromatic rings. The van der Waals surface area contributed by atoms with Gasteiger partial charge in [-0.1, -0.05) is 0 Å². The van der Waals surface area contributed by atoms with Gasteiger partial charge in [-0.05, 0) is 13.8 Å². The van der Waals surface area contributed by atoms with Crippen molar-refractivity contribution in [3.8, 4) is 0 Å². The average Bonchev–Trinajstić information content (AvgIpc) is 1.88. The van der Waals surface area contributed by atoms with Crippen LogP contribution in [-0.4, -0.2) is 19.6 Å². The van der Waals surface area contributed by atoms with Crippen LogP contribution in [0.1, 0.15) is 13.8 Å². The molecule has 9 heavy (non-hydrogen) atoms. The van der Waals surface area contributed by atoms with E-state index in [2.05, 4.69) is 4.85 Å². The van der Waals surface area contributed by atoms with E-state index in [0.717, 1.165) is 0 Å². The van der Waals surface area contributed by atoms with Crippen molar-refractivity contribution >= 4 is 0 Å². The van der Waals surface area contributed by atoms with E-state index in [0.29, 0.717) is 13.2 Å². The maximum Gasteiger partial charge on any atom is 0.447 e. The SMILES string of the molecule is [C-]#[N+]C(OCC)OCC. The van der Waals surface area contributed by atoms with E-state index in [1.165, 1.54) is 0 Å². The highest BCUT2D eigenvalue weighted by molar-refractivity contribution is 4.55. The minimum absolute atomic E-state index is 0.521. The van der Waals surface area contributed by atoms with Gasteiger partial charge in [0.1, 0.15) is 0 Å². The first-order valence-electron chi connectivity index (χ1n) is 2.94. The van der Waals surface area contributed by atoms with Gasteiger partial charge in [-0.15, -0.1) is 0 Å². The summed E-state index contributed by atoms with van der Waals surface area (Å²) in [4.78, 5) is 3.07. The quantitative estimate of drug-likeness (QED) is 0.421. The Kier molecular flexibility index (Phi) is 5.18. The van der Waals surface area contributed by atoms with Crippen molar-refractivity contribution in [2.24, 2.45) is 0 Å². The molecule has 0 bridgehead atoms. The van der Waals surface area contributed by atoms with Crippen molar-refractivity contribution in [3.05, 3.63) is 11.4 Å². The fourth-order valence-electron chi connectivity index (χ4n) is 0.408. The summed E-state index contributed by atoms with van der Waals surface area (Å²) in [6.07, 6.45) is -0.694. The average molecular weight is 129 g/mol. The van der Waals surface area contributed by atoms with Crippen LogP contribution in [0.15, 0.2) is 0 Å². The molecule has 3 heteroatoms. The molecule has 0 heterocycles. The minimum Gasteiger partial charge on any atom is -0.286 e. The third-order valence-electron chi connectivity index (χ3n) is 0.724. The molecule has 0 aliphatic heterocycles. The predicted octanol–water partition coefficient (Wildman–Crippen LogP) is 1.26. The lowest BCUT2D eigenvalue weighted by Gasteiger charge is -2.02. The highest BCUT2D eigenvalue weighted by atomic mass is 16.7. The summed E-state index contributed by atoms with van der Waals surface area (Å²) in [5.41, 5.74) is 0. The van der Waals surface area contributed by atoms with Gasteiger partial charge in [0.2, 0.25) is 0 Å². The largest absolute Gasteiger partial charge is 0.447 e. The summed E-state index contributed by atoms with van der Waals surface area (Å²) in [6.45, 7) is 11.2. The number of rotatable bonds is 4. The Hall–Kier alpha value is -0.590.